The van der Waals surface area contributed by atoms with E-state index in [0.717, 1.165) is 54.8 Å². The Balaban J connectivity index is 1.35. The van der Waals surface area contributed by atoms with Crippen LogP contribution in [-0.2, 0) is 14.3 Å². The molecule has 1 aliphatic heterocycles. The first-order chi connectivity index (χ1) is 13.3. The van der Waals surface area contributed by atoms with Gasteiger partial charge in [0.1, 0.15) is 5.60 Å². The van der Waals surface area contributed by atoms with E-state index in [0.29, 0.717) is 24.0 Å². The van der Waals surface area contributed by atoms with E-state index >= 15 is 0 Å². The van der Waals surface area contributed by atoms with Crippen molar-refractivity contribution in [3.63, 3.8) is 0 Å². The van der Waals surface area contributed by atoms with Crippen molar-refractivity contribution in [3.8, 4) is 0 Å². The highest BCUT2D eigenvalue weighted by molar-refractivity contribution is 5.92. The molecule has 0 aromatic carbocycles. The quantitative estimate of drug-likeness (QED) is 0.579. The lowest BCUT2D eigenvalue weighted by Gasteiger charge is -2.60. The first-order valence-electron chi connectivity index (χ1n) is 11.8. The Bertz CT molecular complexity index is 858. The molecule has 0 amide bonds. The summed E-state index contributed by atoms with van der Waals surface area (Å²) in [6, 6.07) is 0. The van der Waals surface area contributed by atoms with Crippen molar-refractivity contribution in [1.29, 1.82) is 0 Å². The number of rotatable bonds is 0. The molecule has 0 aromatic heterocycles. The molecule has 1 heterocycles. The van der Waals surface area contributed by atoms with Gasteiger partial charge in [0.15, 0.2) is 5.78 Å². The number of hydrogen-bond donors (Lipinski definition) is 0. The summed E-state index contributed by atoms with van der Waals surface area (Å²) in [5, 5.41) is 0. The smallest absolute Gasteiger partial charge is 0.306 e. The highest BCUT2D eigenvalue weighted by Gasteiger charge is 2.83. The second-order valence-electron chi connectivity index (χ2n) is 12.0. The molecular weight excluding hydrogens is 348 g/mol. The van der Waals surface area contributed by atoms with E-state index in [9.17, 15) is 9.59 Å². The normalized spacial score (nSPS) is 62.9. The number of fused-ring (bicyclic) bond motifs is 12. The standard InChI is InChI=1S/C25H32O3/c1-12-19-21(12)25(9-6-18(27)28-25)24(3)8-5-16-20(22(19)24)15-11-14(15)17-10-13(26)4-7-23(16,17)2/h10,12,14-16,19-22H,4-9,11H2,1-3H3/t12-,14+,15-,16?,19+,20?,21-,22?,23+,24-,25-/m0/s1. The predicted octanol–water partition coefficient (Wildman–Crippen LogP) is 4.55. The summed E-state index contributed by atoms with van der Waals surface area (Å²) >= 11 is 0. The molecule has 1 spiro atoms. The third-order valence-corrected chi connectivity index (χ3v) is 11.4. The van der Waals surface area contributed by atoms with Gasteiger partial charge in [-0.25, -0.2) is 0 Å². The number of carbonyl (C=O) groups is 2. The van der Waals surface area contributed by atoms with E-state index in [1.807, 2.05) is 0 Å². The Kier molecular flexibility index (Phi) is 2.75. The first-order valence-corrected chi connectivity index (χ1v) is 11.8. The first kappa shape index (κ1) is 16.7. The van der Waals surface area contributed by atoms with Crippen molar-refractivity contribution >= 4 is 11.8 Å². The summed E-state index contributed by atoms with van der Waals surface area (Å²) in [5.74, 6) is 6.23. The number of ketones is 1. The van der Waals surface area contributed by atoms with Crippen LogP contribution in [-0.4, -0.2) is 17.4 Å². The Morgan fingerprint density at radius 2 is 1.86 bits per heavy atom. The number of ether oxygens (including phenoxy) is 1. The molecule has 28 heavy (non-hydrogen) atoms. The van der Waals surface area contributed by atoms with Gasteiger partial charge in [0.25, 0.3) is 0 Å². The van der Waals surface area contributed by atoms with Gasteiger partial charge < -0.3 is 4.74 Å². The average molecular weight is 381 g/mol. The minimum atomic E-state index is -0.159. The number of esters is 1. The zero-order valence-electron chi connectivity index (χ0n) is 17.4. The van der Waals surface area contributed by atoms with Crippen molar-refractivity contribution in [2.75, 3.05) is 0 Å². The maximum absolute atomic E-state index is 12.3. The Hall–Kier alpha value is -1.12. The van der Waals surface area contributed by atoms with Crippen molar-refractivity contribution in [2.24, 2.45) is 58.2 Å². The maximum Gasteiger partial charge on any atom is 0.306 e. The summed E-state index contributed by atoms with van der Waals surface area (Å²) in [6.45, 7) is 7.42. The van der Waals surface area contributed by atoms with Crippen LogP contribution in [0.1, 0.15) is 65.7 Å². The fourth-order valence-electron chi connectivity index (χ4n) is 10.2. The van der Waals surface area contributed by atoms with E-state index < -0.39 is 0 Å². The van der Waals surface area contributed by atoms with Crippen LogP contribution in [0, 0.1) is 58.2 Å². The molecule has 6 fully saturated rings. The van der Waals surface area contributed by atoms with Crippen LogP contribution in [0.5, 0.6) is 0 Å². The molecule has 0 radical (unpaired) electrons. The summed E-state index contributed by atoms with van der Waals surface area (Å²) < 4.78 is 6.29. The molecule has 5 saturated carbocycles. The van der Waals surface area contributed by atoms with E-state index in [-0.39, 0.29) is 22.4 Å². The minimum absolute atomic E-state index is 0.0535. The summed E-state index contributed by atoms with van der Waals surface area (Å²) in [6.07, 6.45) is 9.24. The second kappa shape index (κ2) is 4.62. The lowest BCUT2D eigenvalue weighted by molar-refractivity contribution is -0.179. The van der Waals surface area contributed by atoms with Gasteiger partial charge in [0.2, 0.25) is 0 Å². The average Bonchev–Trinajstić information content (AvgIpc) is 3.51. The largest absolute Gasteiger partial charge is 0.458 e. The van der Waals surface area contributed by atoms with Gasteiger partial charge in [-0.2, -0.15) is 0 Å². The lowest BCUT2D eigenvalue weighted by Crippen LogP contribution is -2.58. The van der Waals surface area contributed by atoms with Gasteiger partial charge in [0.05, 0.1) is 0 Å². The highest BCUT2D eigenvalue weighted by atomic mass is 16.6. The van der Waals surface area contributed by atoms with Gasteiger partial charge in [0, 0.05) is 24.2 Å². The van der Waals surface area contributed by atoms with E-state index in [1.54, 1.807) is 0 Å². The fourth-order valence-corrected chi connectivity index (χ4v) is 10.2. The fraction of sp³-hybridized carbons (Fsp3) is 0.840. The van der Waals surface area contributed by atoms with Crippen molar-refractivity contribution in [1.82, 2.24) is 0 Å². The van der Waals surface area contributed by atoms with Gasteiger partial charge >= 0.3 is 5.97 Å². The van der Waals surface area contributed by atoms with E-state index in [1.165, 1.54) is 24.8 Å². The molecule has 11 atom stereocenters. The van der Waals surface area contributed by atoms with Gasteiger partial charge in [-0.15, -0.1) is 0 Å². The molecule has 3 heteroatoms. The minimum Gasteiger partial charge on any atom is -0.458 e. The Labute approximate surface area is 167 Å². The van der Waals surface area contributed by atoms with Crippen LogP contribution in [0.2, 0.25) is 0 Å². The number of hydrogen-bond acceptors (Lipinski definition) is 3. The zero-order chi connectivity index (χ0) is 19.2. The van der Waals surface area contributed by atoms with Crippen molar-refractivity contribution in [3.05, 3.63) is 11.6 Å². The van der Waals surface area contributed by atoms with Crippen LogP contribution in [0.15, 0.2) is 11.6 Å². The third kappa shape index (κ3) is 1.58. The molecule has 7 aliphatic rings. The molecule has 3 nitrogen and oxygen atoms in total. The molecule has 150 valence electrons. The van der Waals surface area contributed by atoms with E-state index in [2.05, 4.69) is 26.8 Å². The van der Waals surface area contributed by atoms with E-state index in [4.69, 9.17) is 4.74 Å². The maximum atomic E-state index is 12.3. The molecule has 0 bridgehead atoms. The van der Waals surface area contributed by atoms with Crippen LogP contribution < -0.4 is 0 Å². The number of allylic oxidation sites excluding steroid dienone is 1. The van der Waals surface area contributed by atoms with Gasteiger partial charge in [-0.3, -0.25) is 9.59 Å². The Morgan fingerprint density at radius 3 is 2.61 bits per heavy atom. The second-order valence-corrected chi connectivity index (χ2v) is 12.0. The Morgan fingerprint density at radius 1 is 1.04 bits per heavy atom. The SMILES string of the molecule is C[C@H]1[C@H]2C3C4C(CC[C@]3(C)[C@]3(CCC(=O)O3)[C@@H]12)[C@@]1(C)CCC(=O)C=C1[C@@H]1C[C@H]41. The van der Waals surface area contributed by atoms with Crippen molar-refractivity contribution < 1.29 is 14.3 Å². The third-order valence-electron chi connectivity index (χ3n) is 11.4. The molecule has 1 saturated heterocycles. The van der Waals surface area contributed by atoms with Gasteiger partial charge in [-0.1, -0.05) is 26.3 Å². The van der Waals surface area contributed by atoms with Crippen LogP contribution in [0.3, 0.4) is 0 Å². The zero-order valence-corrected chi connectivity index (χ0v) is 17.4. The molecule has 0 aromatic rings. The molecule has 3 unspecified atom stereocenters. The predicted molar refractivity (Wildman–Crippen MR) is 104 cm³/mol. The topological polar surface area (TPSA) is 43.4 Å². The molecule has 6 aliphatic carbocycles. The summed E-state index contributed by atoms with van der Waals surface area (Å²) in [4.78, 5) is 24.5. The monoisotopic (exact) mass is 380 g/mol. The summed E-state index contributed by atoms with van der Waals surface area (Å²) in [5.41, 5.74) is 1.79. The summed E-state index contributed by atoms with van der Waals surface area (Å²) in [7, 11) is 0. The lowest BCUT2D eigenvalue weighted by atomic mass is 9.45. The molecule has 7 rings (SSSR count). The van der Waals surface area contributed by atoms with Gasteiger partial charge in [-0.05, 0) is 85.0 Å². The molecule has 0 N–H and O–H groups in total. The van der Waals surface area contributed by atoms with Crippen LogP contribution in [0.25, 0.3) is 0 Å². The molecular formula is C25H32O3. The van der Waals surface area contributed by atoms with Crippen LogP contribution in [0.4, 0.5) is 0 Å². The number of carbonyl (C=O) groups excluding carboxylic acids is 2. The van der Waals surface area contributed by atoms with Crippen molar-refractivity contribution in [2.45, 2.75) is 71.3 Å². The van der Waals surface area contributed by atoms with Crippen LogP contribution >= 0.6 is 0 Å². The highest BCUT2D eigenvalue weighted by Crippen LogP contribution is 2.83.